The molecule has 0 fully saturated rings. The first-order valence-electron chi connectivity index (χ1n) is 13.2. The normalized spacial score (nSPS) is 27.4. The second kappa shape index (κ2) is 12.3. The lowest BCUT2D eigenvalue weighted by atomic mass is 9.52. The first kappa shape index (κ1) is 36.4. The number of allylic oxidation sites excluding steroid dienone is 3. The molecule has 4 atom stereocenters. The van der Waals surface area contributed by atoms with Crippen LogP contribution in [0.4, 0.5) is 26.3 Å². The Morgan fingerprint density at radius 1 is 0.881 bits per heavy atom. The first-order valence-corrected chi connectivity index (χ1v) is 18.6. The average molecular weight is 675 g/mol. The molecule has 0 spiro atoms. The van der Waals surface area contributed by atoms with Gasteiger partial charge in [0.15, 0.2) is 8.32 Å². The van der Waals surface area contributed by atoms with E-state index in [0.29, 0.717) is 18.1 Å². The third-order valence-electron chi connectivity index (χ3n) is 8.23. The van der Waals surface area contributed by atoms with E-state index in [4.69, 9.17) is 9.16 Å². The monoisotopic (exact) mass is 674 g/mol. The molecule has 0 saturated heterocycles. The van der Waals surface area contributed by atoms with Crippen LogP contribution in [-0.2, 0) is 42.6 Å². The van der Waals surface area contributed by atoms with Gasteiger partial charge in [0.05, 0.1) is 19.1 Å². The predicted molar refractivity (Wildman–Crippen MR) is 141 cm³/mol. The zero-order chi connectivity index (χ0) is 32.6. The molecule has 0 amide bonds. The molecule has 2 aliphatic carbocycles. The number of fused-ring (bicyclic) bond motifs is 1. The summed E-state index contributed by atoms with van der Waals surface area (Å²) in [5, 5.41) is 0. The van der Waals surface area contributed by atoms with Crippen LogP contribution in [0.5, 0.6) is 0 Å². The Kier molecular flexibility index (Phi) is 10.7. The largest absolute Gasteiger partial charge is 0.534 e. The molecular weight excluding hydrogens is 638 g/mol. The summed E-state index contributed by atoms with van der Waals surface area (Å²) in [5.74, 6) is -3.71. The summed E-state index contributed by atoms with van der Waals surface area (Å²) in [6.45, 7) is 9.49. The molecule has 0 heterocycles. The molecule has 2 aliphatic rings. The highest BCUT2D eigenvalue weighted by Crippen LogP contribution is 2.62. The molecule has 0 aromatic carbocycles. The summed E-state index contributed by atoms with van der Waals surface area (Å²) in [4.78, 5) is 12.8. The number of esters is 1. The van der Waals surface area contributed by atoms with E-state index in [0.717, 1.165) is 12.2 Å². The maximum Gasteiger partial charge on any atom is 0.534 e. The molecule has 18 heteroatoms. The lowest BCUT2D eigenvalue weighted by Crippen LogP contribution is -2.57. The first-order chi connectivity index (χ1) is 19.0. The topological polar surface area (TPSA) is 122 Å². The van der Waals surface area contributed by atoms with Gasteiger partial charge in [-0.25, -0.2) is 0 Å². The molecule has 0 aliphatic heterocycles. The summed E-state index contributed by atoms with van der Waals surface area (Å²) in [6, 6.07) is 1.77. The Balaban J connectivity index is 2.88. The summed E-state index contributed by atoms with van der Waals surface area (Å²) < 4.78 is 149. The number of ether oxygens (including phenoxy) is 1. The molecule has 0 saturated carbocycles. The quantitative estimate of drug-likeness (QED) is 0.0776. The highest BCUT2D eigenvalue weighted by atomic mass is 32.2. The molecule has 244 valence electrons. The third kappa shape index (κ3) is 6.95. The lowest BCUT2D eigenvalue weighted by molar-refractivity contribution is -0.150. The Morgan fingerprint density at radius 3 is 1.79 bits per heavy atom. The summed E-state index contributed by atoms with van der Waals surface area (Å²) >= 11 is 0. The number of carbonyl (C=O) groups is 1. The predicted octanol–water partition coefficient (Wildman–Crippen LogP) is 6.27. The van der Waals surface area contributed by atoms with Gasteiger partial charge in [-0.1, -0.05) is 34.6 Å². The number of hydrogen-bond acceptors (Lipinski definition) is 9. The molecule has 0 unspecified atom stereocenters. The van der Waals surface area contributed by atoms with Gasteiger partial charge in [-0.15, -0.1) is 0 Å². The van der Waals surface area contributed by atoms with Crippen molar-refractivity contribution in [1.29, 1.82) is 0 Å². The minimum absolute atomic E-state index is 0.146. The van der Waals surface area contributed by atoms with E-state index >= 15 is 0 Å². The van der Waals surface area contributed by atoms with Gasteiger partial charge in [0.25, 0.3) is 0 Å². The van der Waals surface area contributed by atoms with Crippen molar-refractivity contribution in [3.8, 4) is 0 Å². The molecule has 0 aromatic rings. The van der Waals surface area contributed by atoms with E-state index in [1.807, 2.05) is 20.8 Å². The van der Waals surface area contributed by atoms with Crippen molar-refractivity contribution < 1.29 is 65.5 Å². The third-order valence-corrected chi connectivity index (χ3v) is 14.8. The van der Waals surface area contributed by atoms with Crippen LogP contribution < -0.4 is 0 Å². The second-order valence-corrected chi connectivity index (χ2v) is 18.5. The molecule has 0 bridgehead atoms. The van der Waals surface area contributed by atoms with Crippen LogP contribution in [0.2, 0.25) is 18.1 Å². The summed E-state index contributed by atoms with van der Waals surface area (Å²) in [6.07, 6.45) is -0.488. The van der Waals surface area contributed by atoms with Crippen molar-refractivity contribution in [3.05, 3.63) is 23.7 Å². The Bertz CT molecular complexity index is 1280. The van der Waals surface area contributed by atoms with E-state index in [-0.39, 0.29) is 13.0 Å². The Hall–Kier alpha value is -1.79. The van der Waals surface area contributed by atoms with Gasteiger partial charge in [-0.2, -0.15) is 43.2 Å². The van der Waals surface area contributed by atoms with Crippen molar-refractivity contribution in [2.24, 2.45) is 16.7 Å². The second-order valence-electron chi connectivity index (χ2n) is 10.7. The minimum atomic E-state index is -6.25. The molecular formula is C24H36F6O9S2Si. The fourth-order valence-electron chi connectivity index (χ4n) is 5.92. The number of carbonyl (C=O) groups excluding carboxylic acids is 1. The highest BCUT2D eigenvalue weighted by molar-refractivity contribution is 7.88. The van der Waals surface area contributed by atoms with Gasteiger partial charge in [0.2, 0.25) is 0 Å². The van der Waals surface area contributed by atoms with Crippen LogP contribution in [0.3, 0.4) is 0 Å². The van der Waals surface area contributed by atoms with Crippen molar-refractivity contribution in [1.82, 2.24) is 0 Å². The van der Waals surface area contributed by atoms with E-state index < -0.39 is 92.8 Å². The Labute approximate surface area is 243 Å². The van der Waals surface area contributed by atoms with E-state index in [1.165, 1.54) is 20.8 Å². The van der Waals surface area contributed by atoms with Gasteiger partial charge in [0, 0.05) is 16.7 Å². The van der Waals surface area contributed by atoms with Crippen molar-refractivity contribution in [2.45, 2.75) is 96.1 Å². The van der Waals surface area contributed by atoms with E-state index in [1.54, 1.807) is 0 Å². The molecule has 0 radical (unpaired) electrons. The average Bonchev–Trinajstić information content (AvgIpc) is 2.84. The van der Waals surface area contributed by atoms with Crippen LogP contribution in [0.15, 0.2) is 23.7 Å². The molecule has 2 rings (SSSR count). The smallest absolute Gasteiger partial charge is 0.466 e. The van der Waals surface area contributed by atoms with Crippen molar-refractivity contribution in [2.75, 3.05) is 6.61 Å². The molecule has 9 nitrogen and oxygen atoms in total. The minimum Gasteiger partial charge on any atom is -0.466 e. The van der Waals surface area contributed by atoms with Crippen molar-refractivity contribution >= 4 is 34.5 Å². The fraction of sp³-hybridized carbons (Fsp3) is 0.792. The van der Waals surface area contributed by atoms with Crippen LogP contribution in [0.1, 0.15) is 60.8 Å². The zero-order valence-electron chi connectivity index (χ0n) is 24.0. The van der Waals surface area contributed by atoms with Crippen LogP contribution in [0.25, 0.3) is 0 Å². The maximum absolute atomic E-state index is 13.4. The number of halogens is 6. The number of rotatable bonds is 12. The Morgan fingerprint density at radius 2 is 1.36 bits per heavy atom. The summed E-state index contributed by atoms with van der Waals surface area (Å²) in [5.41, 5.74) is -15.4. The molecule has 42 heavy (non-hydrogen) atoms. The zero-order valence-corrected chi connectivity index (χ0v) is 26.7. The van der Waals surface area contributed by atoms with Crippen LogP contribution in [-0.4, -0.2) is 54.8 Å². The number of hydrogen-bond donors (Lipinski definition) is 0. The maximum atomic E-state index is 13.4. The SMILES string of the molecule is CCOC(=O)C[C@@]1(C)C(OS(=O)(=O)C(F)(F)F)=CC[C@@]2(C)C(OS(=O)(=O)C(F)(F)F)=CC[C@H](O[Si](CC)(CC)CC)[C@@H]21. The standard InChI is InChI=1S/C24H36F6O9S2Si/c1-7-36-19(31)15-22(6)18(38-41(34,35)24(28,29)30)13-14-21(5)17(37-40(32,33)23(25,26)27)12-11-16(20(21)22)39-42(8-2,9-3)10-4/h12-13,16,20H,7-11,14-15H2,1-6H3/t16-,20-,21-,22-/m0/s1. The molecule has 0 N–H and O–H groups in total. The highest BCUT2D eigenvalue weighted by Gasteiger charge is 2.63. The fourth-order valence-corrected chi connectivity index (χ4v) is 9.98. The van der Waals surface area contributed by atoms with E-state index in [9.17, 15) is 48.0 Å². The van der Waals surface area contributed by atoms with Gasteiger partial charge in [-0.3, -0.25) is 4.79 Å². The molecule has 0 aromatic heterocycles. The lowest BCUT2D eigenvalue weighted by Gasteiger charge is -2.56. The van der Waals surface area contributed by atoms with Crippen LogP contribution >= 0.6 is 0 Å². The summed E-state index contributed by atoms with van der Waals surface area (Å²) in [7, 11) is -15.0. The number of alkyl halides is 6. The van der Waals surface area contributed by atoms with Gasteiger partial charge in [0.1, 0.15) is 11.5 Å². The van der Waals surface area contributed by atoms with Gasteiger partial charge >= 0.3 is 37.2 Å². The van der Waals surface area contributed by atoms with Crippen molar-refractivity contribution in [3.63, 3.8) is 0 Å². The van der Waals surface area contributed by atoms with E-state index in [2.05, 4.69) is 8.37 Å². The van der Waals surface area contributed by atoms with Crippen LogP contribution in [0, 0.1) is 16.7 Å². The van der Waals surface area contributed by atoms with Gasteiger partial charge in [-0.05, 0) is 50.0 Å². The van der Waals surface area contributed by atoms with Gasteiger partial charge < -0.3 is 17.5 Å².